The van der Waals surface area contributed by atoms with Gasteiger partial charge in [0.2, 0.25) is 11.7 Å². The number of hydrogen-bond donors (Lipinski definition) is 1. The lowest BCUT2D eigenvalue weighted by atomic mass is 10.1. The van der Waals surface area contributed by atoms with Gasteiger partial charge < -0.3 is 10.1 Å². The van der Waals surface area contributed by atoms with E-state index >= 15 is 0 Å². The zero-order valence-corrected chi connectivity index (χ0v) is 23.6. The summed E-state index contributed by atoms with van der Waals surface area (Å²) in [5.74, 6) is -1.82. The number of ether oxygens (including phenoxy) is 1. The number of imide groups is 1. The fourth-order valence-electron chi connectivity index (χ4n) is 3.75. The van der Waals surface area contributed by atoms with Crippen LogP contribution < -0.4 is 10.1 Å². The number of thioether (sulfide) groups is 1. The second kappa shape index (κ2) is 11.7. The van der Waals surface area contributed by atoms with Crippen molar-refractivity contribution in [3.05, 3.63) is 96.3 Å². The van der Waals surface area contributed by atoms with Crippen molar-refractivity contribution in [2.45, 2.75) is 20.0 Å². The summed E-state index contributed by atoms with van der Waals surface area (Å²) in [7, 11) is 0. The number of nitrogens with one attached hydrogen (secondary N) is 1. The van der Waals surface area contributed by atoms with Crippen molar-refractivity contribution in [1.29, 1.82) is 0 Å². The molecule has 212 valence electrons. The van der Waals surface area contributed by atoms with Crippen LogP contribution in [0.5, 0.6) is 11.5 Å². The van der Waals surface area contributed by atoms with Crippen LogP contribution in [0.3, 0.4) is 0 Å². The van der Waals surface area contributed by atoms with Crippen LogP contribution in [0.25, 0.3) is 6.08 Å². The summed E-state index contributed by atoms with van der Waals surface area (Å²) >= 11 is 3.85. The minimum atomic E-state index is -4.80. The molecule has 0 saturated carbocycles. The zero-order chi connectivity index (χ0) is 30.1. The van der Waals surface area contributed by atoms with Crippen LogP contribution >= 0.6 is 27.7 Å². The number of anilines is 1. The highest BCUT2D eigenvalue weighted by atomic mass is 79.9. The van der Waals surface area contributed by atoms with Gasteiger partial charge in [-0.2, -0.15) is 13.2 Å². The van der Waals surface area contributed by atoms with E-state index < -0.39 is 51.7 Å². The molecule has 1 heterocycles. The summed E-state index contributed by atoms with van der Waals surface area (Å²) < 4.78 is 45.4. The molecule has 0 unspecified atom stereocenters. The maximum Gasteiger partial charge on any atom is 0.416 e. The van der Waals surface area contributed by atoms with E-state index in [9.17, 15) is 37.7 Å². The highest BCUT2D eigenvalue weighted by Gasteiger charge is 2.37. The smallest absolute Gasteiger partial charge is 0.416 e. The number of carbonyl (C=O) groups excluding carboxylic acids is 3. The standard InChI is InChI=1S/C27H19BrF3N3O6S/c1-14-3-4-15(2)19(9-14)32-24(35)13-33-25(36)23(41-26(33)37)11-16-10-18(28)6-8-21(16)40-22-7-5-17(27(29,30)31)12-20(22)34(38)39/h3-12H,13H2,1-2H3,(H,32,35)/b23-11+. The average Bonchev–Trinajstić information content (AvgIpc) is 3.14. The first kappa shape index (κ1) is 29.8. The van der Waals surface area contributed by atoms with Crippen molar-refractivity contribution >= 4 is 62.2 Å². The Labute approximate surface area is 243 Å². The van der Waals surface area contributed by atoms with Crippen molar-refractivity contribution in [2.75, 3.05) is 11.9 Å². The molecule has 41 heavy (non-hydrogen) atoms. The molecule has 0 spiro atoms. The highest BCUT2D eigenvalue weighted by molar-refractivity contribution is 9.10. The first-order chi connectivity index (χ1) is 19.2. The van der Waals surface area contributed by atoms with Crippen LogP contribution in [-0.4, -0.2) is 33.4 Å². The monoisotopic (exact) mass is 649 g/mol. The largest absolute Gasteiger partial charge is 0.449 e. The van der Waals surface area contributed by atoms with E-state index in [0.29, 0.717) is 34.1 Å². The van der Waals surface area contributed by atoms with Gasteiger partial charge >= 0.3 is 11.9 Å². The zero-order valence-electron chi connectivity index (χ0n) is 21.2. The van der Waals surface area contributed by atoms with Crippen molar-refractivity contribution in [1.82, 2.24) is 4.90 Å². The molecule has 0 radical (unpaired) electrons. The molecule has 0 atom stereocenters. The third kappa shape index (κ3) is 6.95. The molecule has 1 aliphatic heterocycles. The number of nitro groups is 1. The van der Waals surface area contributed by atoms with Gasteiger partial charge in [-0.3, -0.25) is 29.4 Å². The molecule has 1 saturated heterocycles. The predicted octanol–water partition coefficient (Wildman–Crippen LogP) is 7.46. The molecule has 4 rings (SSSR count). The second-order valence-corrected chi connectivity index (χ2v) is 10.8. The van der Waals surface area contributed by atoms with Gasteiger partial charge in [-0.25, -0.2) is 0 Å². The lowest BCUT2D eigenvalue weighted by Gasteiger charge is -2.14. The fourth-order valence-corrected chi connectivity index (χ4v) is 4.96. The third-order valence-electron chi connectivity index (χ3n) is 5.80. The van der Waals surface area contributed by atoms with Gasteiger partial charge in [-0.15, -0.1) is 0 Å². The van der Waals surface area contributed by atoms with Gasteiger partial charge in [-0.05, 0) is 79.2 Å². The molecule has 3 amide bonds. The Morgan fingerprint density at radius 3 is 2.49 bits per heavy atom. The van der Waals surface area contributed by atoms with Crippen LogP contribution in [0.2, 0.25) is 0 Å². The number of carbonyl (C=O) groups is 3. The number of benzene rings is 3. The molecule has 1 N–H and O–H groups in total. The molecule has 1 aliphatic rings. The molecule has 0 bridgehead atoms. The number of alkyl halides is 3. The normalized spacial score (nSPS) is 14.5. The first-order valence-corrected chi connectivity index (χ1v) is 13.3. The van der Waals surface area contributed by atoms with Crippen molar-refractivity contribution in [3.8, 4) is 11.5 Å². The molecule has 0 aromatic heterocycles. The average molecular weight is 650 g/mol. The number of rotatable bonds is 7. The Bertz CT molecular complexity index is 1630. The summed E-state index contributed by atoms with van der Waals surface area (Å²) in [6, 6.07) is 11.7. The van der Waals surface area contributed by atoms with Gasteiger partial charge in [0.25, 0.3) is 11.1 Å². The maximum atomic E-state index is 13.1. The van der Waals surface area contributed by atoms with E-state index in [1.807, 2.05) is 19.1 Å². The van der Waals surface area contributed by atoms with Crippen LogP contribution in [0.15, 0.2) is 64.0 Å². The minimum absolute atomic E-state index is 0.0319. The minimum Gasteiger partial charge on any atom is -0.449 e. The van der Waals surface area contributed by atoms with Gasteiger partial charge in [0.1, 0.15) is 12.3 Å². The molecule has 14 heteroatoms. The summed E-state index contributed by atoms with van der Waals surface area (Å²) in [5, 5.41) is 13.5. The first-order valence-electron chi connectivity index (χ1n) is 11.7. The summed E-state index contributed by atoms with van der Waals surface area (Å²) in [5.41, 5.74) is 0.318. The summed E-state index contributed by atoms with van der Waals surface area (Å²) in [4.78, 5) is 49.5. The Hall–Kier alpha value is -4.17. The predicted molar refractivity (Wildman–Crippen MR) is 150 cm³/mol. The lowest BCUT2D eigenvalue weighted by Crippen LogP contribution is -2.36. The molecule has 1 fully saturated rings. The quantitative estimate of drug-likeness (QED) is 0.160. The lowest BCUT2D eigenvalue weighted by molar-refractivity contribution is -0.385. The van der Waals surface area contributed by atoms with Gasteiger partial charge in [0, 0.05) is 21.8 Å². The molecular weight excluding hydrogens is 631 g/mol. The maximum absolute atomic E-state index is 13.1. The van der Waals surface area contributed by atoms with E-state index in [1.165, 1.54) is 24.3 Å². The summed E-state index contributed by atoms with van der Waals surface area (Å²) in [6.45, 7) is 3.12. The van der Waals surface area contributed by atoms with Crippen molar-refractivity contribution in [2.24, 2.45) is 0 Å². The Balaban J connectivity index is 1.59. The highest BCUT2D eigenvalue weighted by Crippen LogP contribution is 2.40. The Morgan fingerprint density at radius 1 is 1.10 bits per heavy atom. The topological polar surface area (TPSA) is 119 Å². The SMILES string of the molecule is Cc1ccc(C)c(NC(=O)CN2C(=O)S/C(=C/c3cc(Br)ccc3Oc3ccc(C(F)(F)F)cc3[N+](=O)[O-])C2=O)c1. The molecule has 9 nitrogen and oxygen atoms in total. The van der Waals surface area contributed by atoms with E-state index in [4.69, 9.17) is 4.74 Å². The second-order valence-electron chi connectivity index (χ2n) is 8.86. The number of amides is 3. The van der Waals surface area contributed by atoms with E-state index in [1.54, 1.807) is 13.0 Å². The van der Waals surface area contributed by atoms with Gasteiger partial charge in [-0.1, -0.05) is 28.1 Å². The molecule has 3 aromatic rings. The number of hydrogen-bond acceptors (Lipinski definition) is 7. The summed E-state index contributed by atoms with van der Waals surface area (Å²) in [6.07, 6.45) is -3.51. The number of halogens is 4. The van der Waals surface area contributed by atoms with Gasteiger partial charge in [0.05, 0.1) is 15.4 Å². The van der Waals surface area contributed by atoms with Crippen LogP contribution in [0, 0.1) is 24.0 Å². The van der Waals surface area contributed by atoms with E-state index in [2.05, 4.69) is 21.2 Å². The fraction of sp³-hybridized carbons (Fsp3) is 0.148. The molecule has 0 aliphatic carbocycles. The third-order valence-corrected chi connectivity index (χ3v) is 7.20. The molecule has 3 aromatic carbocycles. The van der Waals surface area contributed by atoms with E-state index in [0.717, 1.165) is 22.1 Å². The van der Waals surface area contributed by atoms with Crippen molar-refractivity contribution in [3.63, 3.8) is 0 Å². The van der Waals surface area contributed by atoms with Crippen molar-refractivity contribution < 1.29 is 37.2 Å². The number of nitro benzene ring substituents is 1. The van der Waals surface area contributed by atoms with Gasteiger partial charge in [0.15, 0.2) is 0 Å². The van der Waals surface area contributed by atoms with Crippen LogP contribution in [0.1, 0.15) is 22.3 Å². The number of nitrogens with zero attached hydrogens (tertiary/aromatic N) is 2. The van der Waals surface area contributed by atoms with Crippen LogP contribution in [0.4, 0.5) is 29.3 Å². The van der Waals surface area contributed by atoms with Crippen LogP contribution in [-0.2, 0) is 15.8 Å². The van der Waals surface area contributed by atoms with E-state index in [-0.39, 0.29) is 16.2 Å². The Morgan fingerprint density at radius 2 is 1.80 bits per heavy atom. The Kier molecular flexibility index (Phi) is 8.54. The molecular formula is C27H19BrF3N3O6S. The number of aryl methyl sites for hydroxylation is 2.